The number of carbonyl (C=O) groups is 3. The molecule has 0 radical (unpaired) electrons. The van der Waals surface area contributed by atoms with E-state index in [1.165, 1.54) is 6.42 Å². The van der Waals surface area contributed by atoms with Gasteiger partial charge in [0.2, 0.25) is 11.8 Å². The molecule has 0 unspecified atom stereocenters. The van der Waals surface area contributed by atoms with Gasteiger partial charge < -0.3 is 10.6 Å². The van der Waals surface area contributed by atoms with E-state index < -0.39 is 18.0 Å². The van der Waals surface area contributed by atoms with Crippen molar-refractivity contribution < 1.29 is 14.4 Å². The first-order chi connectivity index (χ1) is 13.4. The van der Waals surface area contributed by atoms with Gasteiger partial charge in [0.05, 0.1) is 18.3 Å². The largest absolute Gasteiger partial charge is 0.335 e. The Morgan fingerprint density at radius 1 is 1.18 bits per heavy atom. The Bertz CT molecular complexity index is 692. The SMILES string of the molecule is CSc1ccccc1NC(=O)CN(C)[C@H](C)C(=O)NC(=O)NC1CCCCC1. The zero-order valence-corrected chi connectivity index (χ0v) is 17.6. The minimum atomic E-state index is -0.612. The van der Waals surface area contributed by atoms with Gasteiger partial charge in [-0.15, -0.1) is 11.8 Å². The lowest BCUT2D eigenvalue weighted by Gasteiger charge is -2.25. The third-order valence-corrected chi connectivity index (χ3v) is 5.79. The predicted molar refractivity (Wildman–Crippen MR) is 112 cm³/mol. The molecule has 1 saturated carbocycles. The molecule has 1 aromatic carbocycles. The van der Waals surface area contributed by atoms with Gasteiger partial charge in [-0.2, -0.15) is 0 Å². The van der Waals surface area contributed by atoms with Crippen LogP contribution in [0.2, 0.25) is 0 Å². The van der Waals surface area contributed by atoms with E-state index in [4.69, 9.17) is 0 Å². The van der Waals surface area contributed by atoms with E-state index in [-0.39, 0.29) is 18.5 Å². The minimum absolute atomic E-state index is 0.0432. The number of thioether (sulfide) groups is 1. The molecule has 3 N–H and O–H groups in total. The maximum absolute atomic E-state index is 12.3. The van der Waals surface area contributed by atoms with Crippen molar-refractivity contribution in [3.05, 3.63) is 24.3 Å². The third kappa shape index (κ3) is 6.83. The lowest BCUT2D eigenvalue weighted by atomic mass is 9.96. The molecule has 28 heavy (non-hydrogen) atoms. The smallest absolute Gasteiger partial charge is 0.321 e. The molecule has 1 aromatic rings. The Morgan fingerprint density at radius 3 is 2.54 bits per heavy atom. The summed E-state index contributed by atoms with van der Waals surface area (Å²) >= 11 is 1.55. The van der Waals surface area contributed by atoms with Crippen molar-refractivity contribution in [3.8, 4) is 0 Å². The van der Waals surface area contributed by atoms with Gasteiger partial charge in [0, 0.05) is 10.9 Å². The van der Waals surface area contributed by atoms with Crippen molar-refractivity contribution >= 4 is 35.3 Å². The summed E-state index contributed by atoms with van der Waals surface area (Å²) in [5.74, 6) is -0.636. The summed E-state index contributed by atoms with van der Waals surface area (Å²) in [6.45, 7) is 1.72. The van der Waals surface area contributed by atoms with Gasteiger partial charge in [0.15, 0.2) is 0 Å². The van der Waals surface area contributed by atoms with Crippen LogP contribution in [-0.4, -0.2) is 54.7 Å². The summed E-state index contributed by atoms with van der Waals surface area (Å²) in [6, 6.07) is 6.62. The number of amides is 4. The summed E-state index contributed by atoms with van der Waals surface area (Å²) in [5, 5.41) is 8.11. The fourth-order valence-corrected chi connectivity index (χ4v) is 3.74. The molecule has 2 rings (SSSR count). The van der Waals surface area contributed by atoms with E-state index in [0.29, 0.717) is 0 Å². The Hall–Kier alpha value is -2.06. The van der Waals surface area contributed by atoms with Gasteiger partial charge in [0.1, 0.15) is 0 Å². The fraction of sp³-hybridized carbons (Fsp3) is 0.550. The van der Waals surface area contributed by atoms with Crippen LogP contribution in [0.25, 0.3) is 0 Å². The van der Waals surface area contributed by atoms with E-state index in [9.17, 15) is 14.4 Å². The molecule has 0 spiro atoms. The molecular weight excluding hydrogens is 376 g/mol. The summed E-state index contributed by atoms with van der Waals surface area (Å²) < 4.78 is 0. The number of hydrogen-bond donors (Lipinski definition) is 3. The van der Waals surface area contributed by atoms with Gasteiger partial charge in [-0.25, -0.2) is 4.79 Å². The Balaban J connectivity index is 1.80. The Kier molecular flexibility index (Phi) is 8.79. The number of benzene rings is 1. The highest BCUT2D eigenvalue weighted by molar-refractivity contribution is 7.98. The summed E-state index contributed by atoms with van der Waals surface area (Å²) in [4.78, 5) is 39.3. The molecule has 0 aromatic heterocycles. The van der Waals surface area contributed by atoms with Gasteiger partial charge in [-0.3, -0.25) is 19.8 Å². The first kappa shape index (κ1) is 22.2. The number of nitrogens with zero attached hydrogens (tertiary/aromatic N) is 1. The molecular formula is C20H30N4O3S. The van der Waals surface area contributed by atoms with Gasteiger partial charge in [0.25, 0.3) is 0 Å². The number of carbonyl (C=O) groups excluding carboxylic acids is 3. The van der Waals surface area contributed by atoms with Crippen LogP contribution in [0.3, 0.4) is 0 Å². The van der Waals surface area contributed by atoms with Crippen LogP contribution in [-0.2, 0) is 9.59 Å². The maximum atomic E-state index is 12.3. The van der Waals surface area contributed by atoms with E-state index >= 15 is 0 Å². The van der Waals surface area contributed by atoms with Gasteiger partial charge >= 0.3 is 6.03 Å². The molecule has 1 fully saturated rings. The first-order valence-corrected chi connectivity index (χ1v) is 10.9. The number of imide groups is 1. The zero-order chi connectivity index (χ0) is 20.5. The van der Waals surface area contributed by atoms with Crippen LogP contribution in [0, 0.1) is 0 Å². The van der Waals surface area contributed by atoms with E-state index in [1.54, 1.807) is 30.6 Å². The number of hydrogen-bond acceptors (Lipinski definition) is 5. The number of likely N-dealkylation sites (N-methyl/N-ethyl adjacent to an activating group) is 1. The normalized spacial score (nSPS) is 15.7. The van der Waals surface area contributed by atoms with Crippen molar-refractivity contribution in [1.82, 2.24) is 15.5 Å². The summed E-state index contributed by atoms with van der Waals surface area (Å²) in [5.41, 5.74) is 0.748. The molecule has 1 atom stereocenters. The van der Waals surface area contributed by atoms with Crippen LogP contribution >= 0.6 is 11.8 Å². The van der Waals surface area contributed by atoms with Crippen LogP contribution in [0.4, 0.5) is 10.5 Å². The lowest BCUT2D eigenvalue weighted by molar-refractivity contribution is -0.125. The second kappa shape index (κ2) is 11.1. The van der Waals surface area contributed by atoms with E-state index in [2.05, 4.69) is 16.0 Å². The predicted octanol–water partition coefficient (Wildman–Crippen LogP) is 2.83. The number of para-hydroxylation sites is 1. The Labute approximate surface area is 171 Å². The number of urea groups is 1. The highest BCUT2D eigenvalue weighted by Crippen LogP contribution is 2.24. The van der Waals surface area contributed by atoms with Gasteiger partial charge in [-0.05, 0) is 45.2 Å². The molecule has 8 heteroatoms. The zero-order valence-electron chi connectivity index (χ0n) is 16.8. The van der Waals surface area contributed by atoms with Crippen LogP contribution in [0.1, 0.15) is 39.0 Å². The van der Waals surface area contributed by atoms with E-state index in [0.717, 1.165) is 36.3 Å². The molecule has 1 aliphatic carbocycles. The second-order valence-corrected chi connectivity index (χ2v) is 7.99. The van der Waals surface area contributed by atoms with Crippen molar-refractivity contribution in [2.24, 2.45) is 0 Å². The molecule has 4 amide bonds. The Morgan fingerprint density at radius 2 is 1.86 bits per heavy atom. The lowest BCUT2D eigenvalue weighted by Crippen LogP contribution is -2.51. The molecule has 7 nitrogen and oxygen atoms in total. The molecule has 0 saturated heterocycles. The number of rotatable bonds is 7. The molecule has 0 aliphatic heterocycles. The van der Waals surface area contributed by atoms with Crippen molar-refractivity contribution in [3.63, 3.8) is 0 Å². The monoisotopic (exact) mass is 406 g/mol. The van der Waals surface area contributed by atoms with Crippen LogP contribution in [0.5, 0.6) is 0 Å². The quantitative estimate of drug-likeness (QED) is 0.606. The van der Waals surface area contributed by atoms with E-state index in [1.807, 2.05) is 30.5 Å². The average Bonchev–Trinajstić information content (AvgIpc) is 2.68. The van der Waals surface area contributed by atoms with Crippen LogP contribution in [0.15, 0.2) is 29.2 Å². The van der Waals surface area contributed by atoms with Gasteiger partial charge in [-0.1, -0.05) is 31.4 Å². The summed E-state index contributed by atoms with van der Waals surface area (Å²) in [6.07, 6.45) is 7.26. The van der Waals surface area contributed by atoms with Crippen LogP contribution < -0.4 is 16.0 Å². The van der Waals surface area contributed by atoms with Crippen molar-refractivity contribution in [1.29, 1.82) is 0 Å². The molecule has 0 bridgehead atoms. The molecule has 154 valence electrons. The third-order valence-electron chi connectivity index (χ3n) is 4.99. The van der Waals surface area contributed by atoms with Crippen molar-refractivity contribution in [2.75, 3.05) is 25.2 Å². The highest BCUT2D eigenvalue weighted by Gasteiger charge is 2.23. The molecule has 0 heterocycles. The minimum Gasteiger partial charge on any atom is -0.335 e. The number of anilines is 1. The number of nitrogens with one attached hydrogen (secondary N) is 3. The average molecular weight is 407 g/mol. The topological polar surface area (TPSA) is 90.5 Å². The highest BCUT2D eigenvalue weighted by atomic mass is 32.2. The first-order valence-electron chi connectivity index (χ1n) is 9.65. The molecule has 1 aliphatic rings. The standard InChI is InChI=1S/C20H30N4O3S/c1-14(19(26)23-20(27)21-15-9-5-4-6-10-15)24(2)13-18(25)22-16-11-7-8-12-17(16)28-3/h7-8,11-12,14-15H,4-6,9-10,13H2,1-3H3,(H,22,25)(H2,21,23,26,27)/t14-/m1/s1. The maximum Gasteiger partial charge on any atom is 0.321 e. The van der Waals surface area contributed by atoms with Crippen molar-refractivity contribution in [2.45, 2.75) is 56.0 Å². The fourth-order valence-electron chi connectivity index (χ4n) is 3.19. The second-order valence-electron chi connectivity index (χ2n) is 7.14. The summed E-state index contributed by atoms with van der Waals surface area (Å²) in [7, 11) is 1.68.